The van der Waals surface area contributed by atoms with Gasteiger partial charge in [-0.05, 0) is 0 Å². The molecule has 0 heterocycles. The SMILES string of the molecule is [NH4+].[NH4+].[NH4+].[NH4+].[O-2].[O-2].[O-2].[O-2].[O-2].[O-2].[O-2].[O-2].[O-2].[O-2].[O-2].[O-2].[O-2].[O-2].[O-2].[O-2].[O-2].[O-2].[O-2].[O-2].[O-2].[O-2].[O-2].[O-2].[O-2].[O-2].[O-2].[O-2].[O-2].[O-2].[O-2].[O-2].[W].[W].[W].[W].[W].[W].[W].[W].[W].[W]. The third-order valence-corrected chi connectivity index (χ3v) is 0. The molecule has 0 aliphatic carbocycles. The standard InChI is InChI=1S/4H3N.32O.10W/h4*1H3;;;;;;;;;;;;;;;;;;;;;;;;;;;;;;;;;;;;;;;;;;/q;;;;32*-2;;;;;;;;;;/p+4. The molecule has 0 radical (unpaired) electrons. The Bertz CT molecular complexity index is 52.9. The second kappa shape index (κ2) is 4160. The van der Waals surface area contributed by atoms with Gasteiger partial charge in [-0.3, -0.25) is 0 Å². The first-order valence-corrected chi connectivity index (χ1v) is 0. The van der Waals surface area contributed by atoms with Gasteiger partial charge in [0, 0.05) is 211 Å². The van der Waals surface area contributed by atoms with Crippen LogP contribution in [0.3, 0.4) is 0 Å². The molecule has 0 saturated carbocycles. The van der Waals surface area contributed by atoms with Crippen LogP contribution in [-0.2, 0) is 386 Å². The van der Waals surface area contributed by atoms with E-state index < -0.39 is 0 Å². The zero-order valence-electron chi connectivity index (χ0n) is 21.1. The number of hydrogen-bond donors (Lipinski definition) is 4. The Hall–Kier alpha value is 5.44. The number of quaternary nitrogens is 4. The van der Waals surface area contributed by atoms with E-state index in [0.29, 0.717) is 0 Å². The van der Waals surface area contributed by atoms with Crippen LogP contribution in [0.25, 0.3) is 0 Å². The van der Waals surface area contributed by atoms with Crippen LogP contribution in [0.15, 0.2) is 0 Å². The molecule has 46 heavy (non-hydrogen) atoms. The average Bonchev–Trinajstić information content (AvgIpc) is 0. The van der Waals surface area contributed by atoms with Gasteiger partial charge >= 0.3 is 0 Å². The zero-order valence-corrected chi connectivity index (χ0v) is 50.5. The van der Waals surface area contributed by atoms with Crippen LogP contribution >= 0.6 is 0 Å². The van der Waals surface area contributed by atoms with Crippen molar-refractivity contribution in [3.05, 3.63) is 0 Å². The van der Waals surface area contributed by atoms with E-state index >= 15 is 0 Å². The Kier molecular flexibility index (Phi) is 400000. The molecule has 0 saturated heterocycles. The molecule has 0 aromatic heterocycles. The maximum Gasteiger partial charge on any atom is 0 e. The zero-order chi connectivity index (χ0) is 0. The van der Waals surface area contributed by atoms with Crippen molar-refractivity contribution in [3.8, 4) is 0 Å². The van der Waals surface area contributed by atoms with Crippen molar-refractivity contribution in [2.24, 2.45) is 0 Å². The Morgan fingerprint density at radius 3 is 0.0652 bits per heavy atom. The second-order valence-electron chi connectivity index (χ2n) is 0. The first kappa shape index (κ1) is 4420. The summed E-state index contributed by atoms with van der Waals surface area (Å²) in [6.07, 6.45) is 0. The average molecular weight is 2420 g/mol. The molecule has 0 aliphatic rings. The predicted molar refractivity (Wildman–Crippen MR) is 45.9 cm³/mol. The smallest absolute Gasteiger partial charge is 0 e. The van der Waals surface area contributed by atoms with Crippen LogP contribution in [0.1, 0.15) is 0 Å². The molecule has 0 amide bonds. The van der Waals surface area contributed by atoms with E-state index in [1.54, 1.807) is 0 Å². The minimum Gasteiger partial charge on any atom is -2.00 e. The molecule has 0 spiro atoms. The van der Waals surface area contributed by atoms with E-state index in [9.17, 15) is 0 Å². The Morgan fingerprint density at radius 2 is 0.0652 bits per heavy atom. The molecule has 36 nitrogen and oxygen atoms in total. The molecule has 0 aromatic carbocycles. The fraction of sp³-hybridized carbons (Fsp3) is 0. The molecule has 0 aromatic rings. The summed E-state index contributed by atoms with van der Waals surface area (Å²) < 4.78 is 0. The minimum atomic E-state index is 0. The van der Waals surface area contributed by atoms with Crippen molar-refractivity contribution in [2.75, 3.05) is 0 Å². The van der Waals surface area contributed by atoms with Crippen LogP contribution < -0.4 is 24.6 Å². The van der Waals surface area contributed by atoms with E-state index in [1.807, 2.05) is 0 Å². The molecule has 16 N–H and O–H groups in total. The monoisotopic (exact) mass is 2420 g/mol. The third kappa shape index (κ3) is 3920. The maximum absolute atomic E-state index is 0. The van der Waals surface area contributed by atoms with Crippen LogP contribution in [-0.4, -0.2) is 0 Å². The largest absolute Gasteiger partial charge is 2.00 e. The normalized spacial score (nSPS) is 0. The van der Waals surface area contributed by atoms with Crippen LogP contribution in [0.2, 0.25) is 0 Å². The van der Waals surface area contributed by atoms with Gasteiger partial charge in [0.2, 0.25) is 0 Å². The van der Waals surface area contributed by atoms with Crippen molar-refractivity contribution in [3.63, 3.8) is 0 Å². The minimum absolute atomic E-state index is 0. The molecule has 0 aliphatic heterocycles. The topological polar surface area (TPSA) is 1060 Å². The molecule has 0 fully saturated rings. The van der Waals surface area contributed by atoms with Gasteiger partial charge in [-0.25, -0.2) is 0 Å². The van der Waals surface area contributed by atoms with Crippen molar-refractivity contribution < 1.29 is 386 Å². The Balaban J connectivity index is 0. The van der Waals surface area contributed by atoms with E-state index in [-0.39, 0.29) is 410 Å². The van der Waals surface area contributed by atoms with Crippen LogP contribution in [0, 0.1) is 0 Å². The van der Waals surface area contributed by atoms with Gasteiger partial charge in [-0.15, -0.1) is 0 Å². The molecule has 0 rings (SSSR count). The summed E-state index contributed by atoms with van der Waals surface area (Å²) in [6, 6.07) is 0. The van der Waals surface area contributed by atoms with Crippen molar-refractivity contribution in [2.45, 2.75) is 0 Å². The summed E-state index contributed by atoms with van der Waals surface area (Å²) in [7, 11) is 0. The quantitative estimate of drug-likeness (QED) is 0.199. The summed E-state index contributed by atoms with van der Waals surface area (Å²) in [4.78, 5) is 0. The predicted octanol–water partition coefficient (Wildman–Crippen LogP) is -2.32. The molecule has 0 atom stereocenters. The van der Waals surface area contributed by atoms with Gasteiger partial charge in [0.15, 0.2) is 0 Å². The van der Waals surface area contributed by atoms with Crippen molar-refractivity contribution in [1.82, 2.24) is 24.6 Å². The Labute approximate surface area is 405 Å². The third-order valence-electron chi connectivity index (χ3n) is 0. The van der Waals surface area contributed by atoms with E-state index in [4.69, 9.17) is 0 Å². The number of hydrogen-bond acceptors (Lipinski definition) is 0. The van der Waals surface area contributed by atoms with E-state index in [0.717, 1.165) is 0 Å². The second-order valence-corrected chi connectivity index (χ2v) is 0. The van der Waals surface area contributed by atoms with Gasteiger partial charge in [0.05, 0.1) is 0 Å². The van der Waals surface area contributed by atoms with Crippen LogP contribution in [0.5, 0.6) is 0 Å². The van der Waals surface area contributed by atoms with Gasteiger partial charge in [0.25, 0.3) is 0 Å². The van der Waals surface area contributed by atoms with Gasteiger partial charge < -0.3 is 200 Å². The summed E-state index contributed by atoms with van der Waals surface area (Å²) in [5.74, 6) is 0. The van der Waals surface area contributed by atoms with Crippen molar-refractivity contribution >= 4 is 0 Å². The number of rotatable bonds is 0. The fourth-order valence-electron chi connectivity index (χ4n) is 0. The summed E-state index contributed by atoms with van der Waals surface area (Å²) >= 11 is 0. The summed E-state index contributed by atoms with van der Waals surface area (Å²) in [5, 5.41) is 0. The van der Waals surface area contributed by atoms with Gasteiger partial charge in [-0.1, -0.05) is 0 Å². The summed E-state index contributed by atoms with van der Waals surface area (Å²) in [5.41, 5.74) is 0. The molecular weight excluding hydrogens is 2410 g/mol. The first-order valence-electron chi connectivity index (χ1n) is 0. The summed E-state index contributed by atoms with van der Waals surface area (Å²) in [6.45, 7) is 0. The molecule has 0 unspecified atom stereocenters. The Morgan fingerprint density at radius 1 is 0.0652 bits per heavy atom. The molecular formula is H16N4O32W10-60. The van der Waals surface area contributed by atoms with Gasteiger partial charge in [0.1, 0.15) is 0 Å². The van der Waals surface area contributed by atoms with E-state index in [2.05, 4.69) is 0 Å². The molecule has 46 heteroatoms. The van der Waals surface area contributed by atoms with Gasteiger partial charge in [-0.2, -0.15) is 0 Å². The molecule has 348 valence electrons. The fourth-order valence-corrected chi connectivity index (χ4v) is 0. The van der Waals surface area contributed by atoms with Crippen molar-refractivity contribution in [1.29, 1.82) is 0 Å². The van der Waals surface area contributed by atoms with E-state index in [1.165, 1.54) is 0 Å². The van der Waals surface area contributed by atoms with Crippen LogP contribution in [0.4, 0.5) is 0 Å². The first-order chi connectivity index (χ1) is 0. The molecule has 0 bridgehead atoms. The maximum atomic E-state index is 0.